The molecule has 0 heterocycles. The fraction of sp³-hybridized carbons (Fsp3) is 0.600. The Morgan fingerprint density at radius 1 is 0.627 bits per heavy atom. The number of rotatable bonds is 30. The van der Waals surface area contributed by atoms with Crippen LogP contribution in [0.15, 0.2) is 66.7 Å². The van der Waals surface area contributed by atoms with E-state index in [2.05, 4.69) is 89.6 Å². The summed E-state index contributed by atoms with van der Waals surface area (Å²) in [7, 11) is 0. The van der Waals surface area contributed by atoms with E-state index in [1.807, 2.05) is 0 Å². The zero-order valence-corrected chi connectivity index (χ0v) is 33.1. The van der Waals surface area contributed by atoms with Gasteiger partial charge in [0.2, 0.25) is 0 Å². The largest absolute Gasteiger partial charge is 0.462 e. The molecule has 6 heteroatoms. The van der Waals surface area contributed by atoms with Crippen LogP contribution in [0.5, 0.6) is 0 Å². The zero-order chi connectivity index (χ0) is 36.2. The Labute approximate surface area is 317 Å². The number of ether oxygens (including phenoxy) is 3. The molecule has 3 rings (SSSR count). The molecule has 5 nitrogen and oxygen atoms in total. The average molecular weight is 766 g/mol. The molecule has 0 radical (unpaired) electrons. The van der Waals surface area contributed by atoms with Gasteiger partial charge in [0.25, 0.3) is 0 Å². The normalized spacial score (nSPS) is 12.2. The van der Waals surface area contributed by atoms with Gasteiger partial charge in [0.15, 0.2) is 6.10 Å². The predicted molar refractivity (Wildman–Crippen MR) is 218 cm³/mol. The minimum Gasteiger partial charge on any atom is -0.462 e. The van der Waals surface area contributed by atoms with Crippen LogP contribution in [0.3, 0.4) is 0 Å². The van der Waals surface area contributed by atoms with Crippen LogP contribution >= 0.6 is 15.9 Å². The first-order valence-corrected chi connectivity index (χ1v) is 21.3. The number of benzene rings is 3. The van der Waals surface area contributed by atoms with Gasteiger partial charge in [0.1, 0.15) is 6.61 Å². The maximum atomic E-state index is 12.7. The molecule has 0 fully saturated rings. The Kier molecular flexibility index (Phi) is 23.4. The van der Waals surface area contributed by atoms with E-state index in [1.54, 1.807) is 0 Å². The van der Waals surface area contributed by atoms with Gasteiger partial charge in [0.05, 0.1) is 6.61 Å². The SMILES string of the molecule is CCCCCCCC/C=C\CCCCCCCCOC[C@@H](COC(=O)CCCc1ccc2cc3ccccc3cc2c1)OC(=O)CCCCCBr. The van der Waals surface area contributed by atoms with E-state index < -0.39 is 6.10 Å². The Hall–Kier alpha value is -2.70. The van der Waals surface area contributed by atoms with Gasteiger partial charge in [-0.25, -0.2) is 0 Å². The summed E-state index contributed by atoms with van der Waals surface area (Å²) in [5, 5.41) is 5.83. The van der Waals surface area contributed by atoms with E-state index >= 15 is 0 Å². The van der Waals surface area contributed by atoms with Crippen molar-refractivity contribution in [2.75, 3.05) is 25.2 Å². The molecule has 0 saturated carbocycles. The monoisotopic (exact) mass is 764 g/mol. The molecule has 0 aliphatic rings. The van der Waals surface area contributed by atoms with E-state index in [0.717, 1.165) is 43.9 Å². The number of carbonyl (C=O) groups excluding carboxylic acids is 2. The summed E-state index contributed by atoms with van der Waals surface area (Å²) in [6.07, 6.45) is 26.9. The van der Waals surface area contributed by atoms with Gasteiger partial charge in [-0.1, -0.05) is 142 Å². The highest BCUT2D eigenvalue weighted by molar-refractivity contribution is 9.09. The summed E-state index contributed by atoms with van der Waals surface area (Å²) in [4.78, 5) is 25.2. The van der Waals surface area contributed by atoms with Crippen molar-refractivity contribution in [2.24, 2.45) is 0 Å². The number of hydrogen-bond donors (Lipinski definition) is 0. The molecule has 0 bridgehead atoms. The van der Waals surface area contributed by atoms with Crippen LogP contribution in [-0.2, 0) is 30.2 Å². The summed E-state index contributed by atoms with van der Waals surface area (Å²) in [6.45, 7) is 3.17. The van der Waals surface area contributed by atoms with Crippen LogP contribution in [0.1, 0.15) is 141 Å². The van der Waals surface area contributed by atoms with Crippen molar-refractivity contribution in [3.63, 3.8) is 0 Å². The van der Waals surface area contributed by atoms with Crippen molar-refractivity contribution in [1.29, 1.82) is 0 Å². The summed E-state index contributed by atoms with van der Waals surface area (Å²) < 4.78 is 17.2. The third-order valence-corrected chi connectivity index (χ3v) is 10.0. The fourth-order valence-electron chi connectivity index (χ4n) is 6.41. The molecule has 0 aromatic heterocycles. The zero-order valence-electron chi connectivity index (χ0n) is 31.5. The highest BCUT2D eigenvalue weighted by Gasteiger charge is 2.17. The van der Waals surface area contributed by atoms with Crippen molar-refractivity contribution in [2.45, 2.75) is 148 Å². The molecular weight excluding hydrogens is 700 g/mol. The topological polar surface area (TPSA) is 61.8 Å². The molecule has 0 unspecified atom stereocenters. The third kappa shape index (κ3) is 19.6. The van der Waals surface area contributed by atoms with Crippen molar-refractivity contribution in [3.8, 4) is 0 Å². The molecular formula is C45H65BrO5. The lowest BCUT2D eigenvalue weighted by molar-refractivity contribution is -0.163. The Morgan fingerprint density at radius 2 is 1.24 bits per heavy atom. The Balaban J connectivity index is 1.28. The van der Waals surface area contributed by atoms with E-state index in [-0.39, 0.29) is 25.2 Å². The van der Waals surface area contributed by atoms with Crippen LogP contribution < -0.4 is 0 Å². The van der Waals surface area contributed by atoms with Gasteiger partial charge in [-0.2, -0.15) is 0 Å². The summed E-state index contributed by atoms with van der Waals surface area (Å²) >= 11 is 3.44. The molecule has 0 aliphatic carbocycles. The molecule has 0 saturated heterocycles. The van der Waals surface area contributed by atoms with Crippen molar-refractivity contribution < 1.29 is 23.8 Å². The molecule has 0 spiro atoms. The number of aryl methyl sites for hydroxylation is 1. The lowest BCUT2D eigenvalue weighted by atomic mass is 10.00. The maximum absolute atomic E-state index is 12.7. The molecule has 1 atom stereocenters. The molecule has 0 N–H and O–H groups in total. The second kappa shape index (κ2) is 27.9. The molecule has 282 valence electrons. The Bertz CT molecular complexity index is 1400. The summed E-state index contributed by atoms with van der Waals surface area (Å²) in [5.41, 5.74) is 1.21. The van der Waals surface area contributed by atoms with Crippen LogP contribution in [0.4, 0.5) is 0 Å². The first-order chi connectivity index (χ1) is 25.1. The van der Waals surface area contributed by atoms with Crippen LogP contribution in [-0.4, -0.2) is 43.2 Å². The second-order valence-electron chi connectivity index (χ2n) is 14.0. The quantitative estimate of drug-likeness (QED) is 0.0222. The Morgan fingerprint density at radius 3 is 1.94 bits per heavy atom. The van der Waals surface area contributed by atoms with Crippen LogP contribution in [0, 0.1) is 0 Å². The number of halogens is 1. The first-order valence-electron chi connectivity index (χ1n) is 20.1. The van der Waals surface area contributed by atoms with Gasteiger partial charge in [-0.05, 0) is 97.0 Å². The number of unbranched alkanes of at least 4 members (excludes halogenated alkanes) is 14. The number of fused-ring (bicyclic) bond motifs is 2. The van der Waals surface area contributed by atoms with Gasteiger partial charge in [-0.15, -0.1) is 0 Å². The first kappa shape index (κ1) is 42.7. The van der Waals surface area contributed by atoms with Gasteiger partial charge in [-0.3, -0.25) is 9.59 Å². The standard InChI is InChI=1S/C45H65BrO5/c1-2-3-4-5-6-7-8-9-10-11-12-13-14-15-16-22-32-49-36-43(51-45(48)27-18-17-21-31-46)37-50-44(47)28-23-24-38-29-30-41-34-39-25-19-20-26-40(39)35-42(41)33-38/h9-10,19-20,25-26,29-30,33-35,43H,2-8,11-18,21-24,27-28,31-32,36-37H2,1H3/b10-9-/t43-/m0/s1. The number of allylic oxidation sites excluding steroid dienone is 2. The second-order valence-corrected chi connectivity index (χ2v) is 14.8. The lowest BCUT2D eigenvalue weighted by Gasteiger charge is -2.18. The van der Waals surface area contributed by atoms with Crippen molar-refractivity contribution >= 4 is 49.4 Å². The molecule has 0 aliphatic heterocycles. The van der Waals surface area contributed by atoms with Crippen LogP contribution in [0.25, 0.3) is 21.5 Å². The van der Waals surface area contributed by atoms with E-state index in [0.29, 0.717) is 25.9 Å². The number of hydrogen-bond acceptors (Lipinski definition) is 5. The van der Waals surface area contributed by atoms with E-state index in [4.69, 9.17) is 14.2 Å². The minimum atomic E-state index is -0.581. The number of esters is 2. The highest BCUT2D eigenvalue weighted by Crippen LogP contribution is 2.24. The van der Waals surface area contributed by atoms with Crippen molar-refractivity contribution in [3.05, 3.63) is 72.3 Å². The third-order valence-electron chi connectivity index (χ3n) is 9.46. The van der Waals surface area contributed by atoms with E-state index in [9.17, 15) is 9.59 Å². The minimum absolute atomic E-state index is 0.0302. The summed E-state index contributed by atoms with van der Waals surface area (Å²) in [6, 6.07) is 19.4. The smallest absolute Gasteiger partial charge is 0.306 e. The molecule has 0 amide bonds. The fourth-order valence-corrected chi connectivity index (χ4v) is 6.80. The predicted octanol–water partition coefficient (Wildman–Crippen LogP) is 12.8. The highest BCUT2D eigenvalue weighted by atomic mass is 79.9. The molecule has 51 heavy (non-hydrogen) atoms. The molecule has 3 aromatic rings. The molecule has 3 aromatic carbocycles. The van der Waals surface area contributed by atoms with Gasteiger partial charge >= 0.3 is 11.9 Å². The van der Waals surface area contributed by atoms with Gasteiger partial charge in [0, 0.05) is 24.8 Å². The number of carbonyl (C=O) groups is 2. The van der Waals surface area contributed by atoms with E-state index in [1.165, 1.54) is 104 Å². The van der Waals surface area contributed by atoms with Crippen molar-refractivity contribution in [1.82, 2.24) is 0 Å². The average Bonchev–Trinajstić information content (AvgIpc) is 3.14. The van der Waals surface area contributed by atoms with Gasteiger partial charge < -0.3 is 14.2 Å². The lowest BCUT2D eigenvalue weighted by Crippen LogP contribution is -2.30. The maximum Gasteiger partial charge on any atom is 0.306 e. The number of alkyl halides is 1. The van der Waals surface area contributed by atoms with Crippen LogP contribution in [0.2, 0.25) is 0 Å². The summed E-state index contributed by atoms with van der Waals surface area (Å²) in [5.74, 6) is -0.524.